The molecule has 0 bridgehead atoms. The van der Waals surface area contributed by atoms with Gasteiger partial charge in [0, 0.05) is 17.3 Å². The molecule has 1 aromatic carbocycles. The summed E-state index contributed by atoms with van der Waals surface area (Å²) in [6, 6.07) is 7.40. The van der Waals surface area contributed by atoms with Gasteiger partial charge in [-0.1, -0.05) is 0 Å². The summed E-state index contributed by atoms with van der Waals surface area (Å²) in [6.07, 6.45) is 1.67. The molecule has 1 aromatic heterocycles. The van der Waals surface area contributed by atoms with E-state index in [1.165, 1.54) is 7.11 Å². The van der Waals surface area contributed by atoms with Gasteiger partial charge in [0.2, 0.25) is 0 Å². The predicted octanol–water partition coefficient (Wildman–Crippen LogP) is 1.40. The lowest BCUT2D eigenvalue weighted by Crippen LogP contribution is -2.15. The Morgan fingerprint density at radius 2 is 2.29 bits per heavy atom. The number of fused-ring (bicyclic) bond motifs is 1. The van der Waals surface area contributed by atoms with Gasteiger partial charge in [0.15, 0.2) is 0 Å². The normalized spacial score (nSPS) is 10.2. The van der Waals surface area contributed by atoms with Crippen LogP contribution in [0.2, 0.25) is 0 Å². The Bertz CT molecular complexity index is 554. The third-order valence-corrected chi connectivity index (χ3v) is 2.42. The molecule has 0 radical (unpaired) electrons. The van der Waals surface area contributed by atoms with Crippen LogP contribution in [0.4, 0.5) is 11.5 Å². The molecule has 0 spiro atoms. The minimum absolute atomic E-state index is 0.0903. The summed E-state index contributed by atoms with van der Waals surface area (Å²) in [5.41, 5.74) is 6.40. The number of anilines is 2. The number of rotatable bonds is 3. The monoisotopic (exact) mass is 231 g/mol. The van der Waals surface area contributed by atoms with Crippen LogP contribution >= 0.6 is 0 Å². The third kappa shape index (κ3) is 2.44. The largest absolute Gasteiger partial charge is 0.468 e. The number of benzene rings is 1. The van der Waals surface area contributed by atoms with E-state index in [1.807, 2.05) is 18.2 Å². The zero-order valence-electron chi connectivity index (χ0n) is 9.43. The van der Waals surface area contributed by atoms with Crippen molar-refractivity contribution in [3.8, 4) is 0 Å². The van der Waals surface area contributed by atoms with E-state index in [4.69, 9.17) is 5.73 Å². The number of esters is 1. The molecular formula is C12H13N3O2. The second-order valence-electron chi connectivity index (χ2n) is 3.57. The number of methoxy groups -OCH3 is 1. The van der Waals surface area contributed by atoms with Gasteiger partial charge < -0.3 is 15.8 Å². The lowest BCUT2D eigenvalue weighted by atomic mass is 10.1. The van der Waals surface area contributed by atoms with Gasteiger partial charge in [0.05, 0.1) is 7.11 Å². The van der Waals surface area contributed by atoms with Gasteiger partial charge in [-0.15, -0.1) is 0 Å². The molecule has 0 aliphatic heterocycles. The first-order valence-electron chi connectivity index (χ1n) is 5.15. The highest BCUT2D eigenvalue weighted by Crippen LogP contribution is 2.22. The van der Waals surface area contributed by atoms with Crippen molar-refractivity contribution in [1.82, 2.24) is 4.98 Å². The number of nitrogens with two attached hydrogens (primary N) is 1. The van der Waals surface area contributed by atoms with Crippen molar-refractivity contribution in [3.05, 3.63) is 30.5 Å². The van der Waals surface area contributed by atoms with E-state index in [-0.39, 0.29) is 12.5 Å². The predicted molar refractivity (Wildman–Crippen MR) is 66.7 cm³/mol. The van der Waals surface area contributed by atoms with Gasteiger partial charge in [0.25, 0.3) is 0 Å². The highest BCUT2D eigenvalue weighted by molar-refractivity contribution is 5.94. The maximum absolute atomic E-state index is 11.0. The maximum Gasteiger partial charge on any atom is 0.325 e. The Morgan fingerprint density at radius 3 is 3.06 bits per heavy atom. The van der Waals surface area contributed by atoms with E-state index in [2.05, 4.69) is 15.0 Å². The van der Waals surface area contributed by atoms with Crippen molar-refractivity contribution in [1.29, 1.82) is 0 Å². The average molecular weight is 231 g/mol. The smallest absolute Gasteiger partial charge is 0.325 e. The van der Waals surface area contributed by atoms with Crippen LogP contribution in [0.5, 0.6) is 0 Å². The highest BCUT2D eigenvalue weighted by Gasteiger charge is 2.04. The zero-order chi connectivity index (χ0) is 12.3. The molecule has 0 fully saturated rings. The van der Waals surface area contributed by atoms with E-state index >= 15 is 0 Å². The molecular weight excluding hydrogens is 218 g/mol. The Balaban J connectivity index is 2.31. The van der Waals surface area contributed by atoms with Crippen molar-refractivity contribution >= 4 is 28.2 Å². The van der Waals surface area contributed by atoms with Crippen LogP contribution in [-0.2, 0) is 9.53 Å². The van der Waals surface area contributed by atoms with E-state index in [1.54, 1.807) is 12.3 Å². The molecule has 0 aliphatic rings. The highest BCUT2D eigenvalue weighted by atomic mass is 16.5. The summed E-state index contributed by atoms with van der Waals surface area (Å²) >= 11 is 0. The van der Waals surface area contributed by atoms with Crippen molar-refractivity contribution in [3.63, 3.8) is 0 Å². The zero-order valence-corrected chi connectivity index (χ0v) is 9.43. The number of pyridine rings is 1. The third-order valence-electron chi connectivity index (χ3n) is 2.42. The second-order valence-corrected chi connectivity index (χ2v) is 3.57. The lowest BCUT2D eigenvalue weighted by molar-refractivity contribution is -0.138. The number of carbonyl (C=O) groups excluding carboxylic acids is 1. The first-order chi connectivity index (χ1) is 8.20. The molecule has 0 aliphatic carbocycles. The van der Waals surface area contributed by atoms with Crippen molar-refractivity contribution in [2.45, 2.75) is 0 Å². The number of hydrogen-bond acceptors (Lipinski definition) is 5. The molecule has 5 nitrogen and oxygen atoms in total. The summed E-state index contributed by atoms with van der Waals surface area (Å²) < 4.78 is 4.55. The van der Waals surface area contributed by atoms with Gasteiger partial charge in [-0.05, 0) is 29.7 Å². The maximum atomic E-state index is 11.0. The Labute approximate surface area is 98.6 Å². The minimum Gasteiger partial charge on any atom is -0.468 e. The molecule has 1 heterocycles. The Kier molecular flexibility index (Phi) is 3.09. The van der Waals surface area contributed by atoms with E-state index < -0.39 is 0 Å². The average Bonchev–Trinajstić information content (AvgIpc) is 2.35. The van der Waals surface area contributed by atoms with E-state index in [0.717, 1.165) is 10.8 Å². The molecule has 3 N–H and O–H groups in total. The fraction of sp³-hybridized carbons (Fsp3) is 0.167. The van der Waals surface area contributed by atoms with E-state index in [0.29, 0.717) is 11.5 Å². The van der Waals surface area contributed by atoms with Gasteiger partial charge in [-0.3, -0.25) is 4.79 Å². The van der Waals surface area contributed by atoms with E-state index in [9.17, 15) is 4.79 Å². The molecule has 2 rings (SSSR count). The van der Waals surface area contributed by atoms with Crippen LogP contribution in [0.15, 0.2) is 30.5 Å². The molecule has 2 aromatic rings. The molecule has 88 valence electrons. The van der Waals surface area contributed by atoms with Crippen LogP contribution in [0.1, 0.15) is 0 Å². The molecule has 0 amide bonds. The Hall–Kier alpha value is -2.30. The number of hydrogen-bond donors (Lipinski definition) is 2. The standard InChI is InChI=1S/C12H13N3O2/c1-17-11(16)7-15-12-10-3-2-9(13)6-8(10)4-5-14-12/h2-6H,7,13H2,1H3,(H,14,15). The van der Waals surface area contributed by atoms with Gasteiger partial charge in [-0.25, -0.2) is 4.98 Å². The van der Waals surface area contributed by atoms with Crippen molar-refractivity contribution in [2.75, 3.05) is 24.7 Å². The van der Waals surface area contributed by atoms with Crippen LogP contribution < -0.4 is 11.1 Å². The Morgan fingerprint density at radius 1 is 1.47 bits per heavy atom. The quantitative estimate of drug-likeness (QED) is 0.616. The molecule has 5 heteroatoms. The number of nitrogens with zero attached hydrogens (tertiary/aromatic N) is 1. The molecule has 17 heavy (non-hydrogen) atoms. The van der Waals surface area contributed by atoms with Crippen LogP contribution in [0.25, 0.3) is 10.8 Å². The van der Waals surface area contributed by atoms with Crippen LogP contribution in [0, 0.1) is 0 Å². The number of ether oxygens (including phenoxy) is 1. The number of nitrogen functional groups attached to an aromatic ring is 1. The van der Waals surface area contributed by atoms with Gasteiger partial charge >= 0.3 is 5.97 Å². The topological polar surface area (TPSA) is 77.2 Å². The number of aromatic nitrogens is 1. The molecule has 0 saturated carbocycles. The molecule has 0 saturated heterocycles. The summed E-state index contributed by atoms with van der Waals surface area (Å²) in [5, 5.41) is 4.83. The minimum atomic E-state index is -0.334. The fourth-order valence-electron chi connectivity index (χ4n) is 1.57. The van der Waals surface area contributed by atoms with Crippen LogP contribution in [0.3, 0.4) is 0 Å². The first-order valence-corrected chi connectivity index (χ1v) is 5.15. The number of carbonyl (C=O) groups is 1. The van der Waals surface area contributed by atoms with Crippen molar-refractivity contribution < 1.29 is 9.53 Å². The number of nitrogens with one attached hydrogen (secondary N) is 1. The van der Waals surface area contributed by atoms with Gasteiger partial charge in [-0.2, -0.15) is 0 Å². The second kappa shape index (κ2) is 4.69. The van der Waals surface area contributed by atoms with Crippen LogP contribution in [-0.4, -0.2) is 24.6 Å². The van der Waals surface area contributed by atoms with Gasteiger partial charge in [0.1, 0.15) is 12.4 Å². The summed E-state index contributed by atoms with van der Waals surface area (Å²) in [5.74, 6) is 0.312. The fourth-order valence-corrected chi connectivity index (χ4v) is 1.57. The summed E-state index contributed by atoms with van der Waals surface area (Å²) in [6.45, 7) is 0.0903. The lowest BCUT2D eigenvalue weighted by Gasteiger charge is -2.07. The summed E-state index contributed by atoms with van der Waals surface area (Å²) in [7, 11) is 1.35. The summed E-state index contributed by atoms with van der Waals surface area (Å²) in [4.78, 5) is 15.2. The first kappa shape index (κ1) is 11.2. The SMILES string of the molecule is COC(=O)CNc1nccc2cc(N)ccc12. The molecule has 0 unspecified atom stereocenters. The van der Waals surface area contributed by atoms with Crippen molar-refractivity contribution in [2.24, 2.45) is 0 Å². The molecule has 0 atom stereocenters.